The van der Waals surface area contributed by atoms with Crippen LogP contribution in [-0.4, -0.2) is 18.1 Å². The third-order valence-electron chi connectivity index (χ3n) is 0.983. The van der Waals surface area contributed by atoms with Crippen molar-refractivity contribution in [3.63, 3.8) is 0 Å². The van der Waals surface area contributed by atoms with Gasteiger partial charge in [0.05, 0.1) is 0 Å². The maximum absolute atomic E-state index is 11.8. The summed E-state index contributed by atoms with van der Waals surface area (Å²) in [6, 6.07) is 0. The molecule has 0 heterocycles. The monoisotopic (exact) mass is 180 g/mol. The highest BCUT2D eigenvalue weighted by Crippen LogP contribution is 2.16. The summed E-state index contributed by atoms with van der Waals surface area (Å²) in [6.45, 7) is 4.50. The first-order valence-electron chi connectivity index (χ1n) is 3.49. The van der Waals surface area contributed by atoms with E-state index in [-0.39, 0.29) is 5.92 Å². The van der Waals surface area contributed by atoms with Crippen LogP contribution in [0.2, 0.25) is 0 Å². The second-order valence-electron chi connectivity index (χ2n) is 2.69. The molecule has 0 fully saturated rings. The average Bonchev–Trinajstić information content (AvgIpc) is 1.84. The van der Waals surface area contributed by atoms with Gasteiger partial charge in [-0.2, -0.15) is 23.4 Å². The molecule has 0 saturated heterocycles. The van der Waals surface area contributed by atoms with Crippen LogP contribution in [-0.2, 0) is 0 Å². The van der Waals surface area contributed by atoms with E-state index >= 15 is 0 Å². The molecule has 0 aromatic carbocycles. The molecular formula is C7H11F3N2. The van der Waals surface area contributed by atoms with E-state index in [2.05, 4.69) is 10.2 Å². The van der Waals surface area contributed by atoms with Gasteiger partial charge in [-0.3, -0.25) is 0 Å². The quantitative estimate of drug-likeness (QED) is 0.461. The summed E-state index contributed by atoms with van der Waals surface area (Å²) >= 11 is 0. The van der Waals surface area contributed by atoms with Crippen molar-refractivity contribution < 1.29 is 13.2 Å². The van der Waals surface area contributed by atoms with Gasteiger partial charge in [-0.1, -0.05) is 13.8 Å². The van der Waals surface area contributed by atoms with Crippen molar-refractivity contribution in [2.24, 2.45) is 16.1 Å². The number of rotatable bonds is 2. The molecule has 0 N–H and O–H groups in total. The van der Waals surface area contributed by atoms with Gasteiger partial charge in [-0.25, -0.2) is 0 Å². The minimum absolute atomic E-state index is 0.106. The van der Waals surface area contributed by atoms with Crippen LogP contribution in [0.4, 0.5) is 13.2 Å². The van der Waals surface area contributed by atoms with Crippen LogP contribution in [0.1, 0.15) is 20.8 Å². The predicted octanol–water partition coefficient (Wildman–Crippen LogP) is 2.65. The van der Waals surface area contributed by atoms with Crippen molar-refractivity contribution >= 4 is 11.9 Å². The lowest BCUT2D eigenvalue weighted by Gasteiger charge is -2.01. The number of alkyl halides is 3. The average molecular weight is 180 g/mol. The van der Waals surface area contributed by atoms with E-state index in [9.17, 15) is 13.2 Å². The summed E-state index contributed by atoms with van der Waals surface area (Å²) in [6.07, 6.45) is -3.01. The largest absolute Gasteiger partial charge is 0.431 e. The van der Waals surface area contributed by atoms with Crippen LogP contribution >= 0.6 is 0 Å². The maximum Gasteiger partial charge on any atom is 0.431 e. The van der Waals surface area contributed by atoms with Crippen LogP contribution < -0.4 is 0 Å². The molecule has 0 saturated carbocycles. The van der Waals surface area contributed by atoms with Gasteiger partial charge in [0, 0.05) is 6.21 Å². The molecule has 0 amide bonds. The Bertz CT molecular complexity index is 191. The molecule has 5 heteroatoms. The second-order valence-corrected chi connectivity index (χ2v) is 2.69. The summed E-state index contributed by atoms with van der Waals surface area (Å²) < 4.78 is 35.3. The Morgan fingerprint density at radius 3 is 2.17 bits per heavy atom. The Morgan fingerprint density at radius 1 is 1.33 bits per heavy atom. The fourth-order valence-corrected chi connectivity index (χ4v) is 0.310. The van der Waals surface area contributed by atoms with Crippen LogP contribution in [0.15, 0.2) is 10.2 Å². The molecule has 0 radical (unpaired) electrons. The van der Waals surface area contributed by atoms with Crippen molar-refractivity contribution in [1.82, 2.24) is 0 Å². The van der Waals surface area contributed by atoms with Crippen LogP contribution in [0.25, 0.3) is 0 Å². The zero-order valence-electron chi connectivity index (χ0n) is 7.18. The first-order chi connectivity index (χ1) is 5.34. The molecule has 2 nitrogen and oxygen atoms in total. The lowest BCUT2D eigenvalue weighted by molar-refractivity contribution is -0.0593. The Kier molecular flexibility index (Phi) is 3.92. The molecule has 0 rings (SSSR count). The van der Waals surface area contributed by atoms with Gasteiger partial charge < -0.3 is 0 Å². The minimum atomic E-state index is -4.37. The Hall–Kier alpha value is -0.870. The van der Waals surface area contributed by atoms with E-state index in [1.54, 1.807) is 0 Å². The van der Waals surface area contributed by atoms with Gasteiger partial charge in [-0.05, 0) is 12.8 Å². The highest BCUT2D eigenvalue weighted by molar-refractivity contribution is 5.87. The van der Waals surface area contributed by atoms with Crippen molar-refractivity contribution in [2.45, 2.75) is 26.9 Å². The molecule has 0 aliphatic heterocycles. The highest BCUT2D eigenvalue weighted by atomic mass is 19.4. The lowest BCUT2D eigenvalue weighted by atomic mass is 10.3. The van der Waals surface area contributed by atoms with E-state index in [4.69, 9.17) is 0 Å². The van der Waals surface area contributed by atoms with Crippen LogP contribution in [0, 0.1) is 5.92 Å². The van der Waals surface area contributed by atoms with E-state index in [1.165, 1.54) is 6.21 Å². The third kappa shape index (κ3) is 4.87. The second kappa shape index (κ2) is 4.23. The fraction of sp³-hybridized carbons (Fsp3) is 0.714. The summed E-state index contributed by atoms with van der Waals surface area (Å²) in [7, 11) is 0. The van der Waals surface area contributed by atoms with E-state index < -0.39 is 11.9 Å². The van der Waals surface area contributed by atoms with E-state index in [1.807, 2.05) is 13.8 Å². The van der Waals surface area contributed by atoms with E-state index in [0.29, 0.717) is 0 Å². The fourth-order valence-electron chi connectivity index (χ4n) is 0.310. The highest BCUT2D eigenvalue weighted by Gasteiger charge is 2.32. The summed E-state index contributed by atoms with van der Waals surface area (Å²) in [4.78, 5) is 0. The minimum Gasteiger partial charge on any atom is -0.165 e. The number of hydrogen-bond acceptors (Lipinski definition) is 2. The molecule has 0 bridgehead atoms. The van der Waals surface area contributed by atoms with Gasteiger partial charge >= 0.3 is 6.18 Å². The van der Waals surface area contributed by atoms with Crippen molar-refractivity contribution in [3.05, 3.63) is 0 Å². The van der Waals surface area contributed by atoms with Crippen molar-refractivity contribution in [1.29, 1.82) is 0 Å². The zero-order chi connectivity index (χ0) is 9.78. The molecule has 0 aromatic rings. The van der Waals surface area contributed by atoms with Gasteiger partial charge in [0.25, 0.3) is 0 Å². The predicted molar refractivity (Wildman–Crippen MR) is 42.5 cm³/mol. The third-order valence-corrected chi connectivity index (χ3v) is 0.983. The SMILES string of the molecule is CC(=NN=CC(C)C)C(F)(F)F. The molecule has 0 aliphatic rings. The summed E-state index contributed by atoms with van der Waals surface area (Å²) in [5.41, 5.74) is -0.931. The van der Waals surface area contributed by atoms with Crippen LogP contribution in [0.5, 0.6) is 0 Å². The Labute approximate surface area is 69.2 Å². The zero-order valence-corrected chi connectivity index (χ0v) is 7.18. The topological polar surface area (TPSA) is 24.7 Å². The Balaban J connectivity index is 4.20. The van der Waals surface area contributed by atoms with E-state index in [0.717, 1.165) is 6.92 Å². The normalized spacial score (nSPS) is 14.8. The number of hydrogen-bond donors (Lipinski definition) is 0. The van der Waals surface area contributed by atoms with Gasteiger partial charge in [0.1, 0.15) is 5.71 Å². The van der Waals surface area contributed by atoms with Crippen LogP contribution in [0.3, 0.4) is 0 Å². The smallest absolute Gasteiger partial charge is 0.165 e. The maximum atomic E-state index is 11.8. The van der Waals surface area contributed by atoms with Gasteiger partial charge in [0.2, 0.25) is 0 Å². The number of halogens is 3. The lowest BCUT2D eigenvalue weighted by Crippen LogP contribution is -2.18. The first kappa shape index (κ1) is 11.1. The molecule has 0 spiro atoms. The molecule has 0 unspecified atom stereocenters. The molecule has 0 atom stereocenters. The van der Waals surface area contributed by atoms with Crippen molar-refractivity contribution in [2.75, 3.05) is 0 Å². The number of nitrogens with zero attached hydrogens (tertiary/aromatic N) is 2. The molecule has 0 aromatic heterocycles. The first-order valence-corrected chi connectivity index (χ1v) is 3.49. The van der Waals surface area contributed by atoms with Gasteiger partial charge in [0.15, 0.2) is 0 Å². The van der Waals surface area contributed by atoms with Crippen molar-refractivity contribution in [3.8, 4) is 0 Å². The standard InChI is InChI=1S/C7H11F3N2/c1-5(2)4-11-12-6(3)7(8,9)10/h4-5H,1-3H3. The molecule has 12 heavy (non-hydrogen) atoms. The Morgan fingerprint density at radius 2 is 1.83 bits per heavy atom. The molecule has 0 aliphatic carbocycles. The summed E-state index contributed by atoms with van der Waals surface area (Å²) in [5.74, 6) is 0.106. The summed E-state index contributed by atoms with van der Waals surface area (Å²) in [5, 5.41) is 6.28. The molecular weight excluding hydrogens is 169 g/mol. The van der Waals surface area contributed by atoms with Gasteiger partial charge in [-0.15, -0.1) is 0 Å². The molecule has 70 valence electrons.